The molecule has 1 atom stereocenters. The number of carbonyl (C=O) groups excluding carboxylic acids is 2. The van der Waals surface area contributed by atoms with Crippen LogP contribution in [0.25, 0.3) is 0 Å². The molecule has 0 aromatic heterocycles. The minimum atomic E-state index is -4.18. The van der Waals surface area contributed by atoms with Gasteiger partial charge in [0.1, 0.15) is 12.6 Å². The summed E-state index contributed by atoms with van der Waals surface area (Å²) in [4.78, 5) is 30.0. The van der Waals surface area contributed by atoms with Crippen molar-refractivity contribution in [3.8, 4) is 0 Å². The Morgan fingerprint density at radius 2 is 1.41 bits per heavy atom. The fourth-order valence-corrected chi connectivity index (χ4v) is 6.84. The van der Waals surface area contributed by atoms with Gasteiger partial charge < -0.3 is 10.2 Å². The van der Waals surface area contributed by atoms with Crippen molar-refractivity contribution in [1.29, 1.82) is 0 Å². The summed E-state index contributed by atoms with van der Waals surface area (Å²) in [7, 11) is -4.18. The third-order valence-corrected chi connectivity index (χ3v) is 9.79. The fraction of sp³-hybridized carbons (Fsp3) is 0.297. The van der Waals surface area contributed by atoms with Crippen LogP contribution in [-0.2, 0) is 32.6 Å². The third kappa shape index (κ3) is 8.98. The van der Waals surface area contributed by atoms with Crippen LogP contribution in [0.15, 0.2) is 102 Å². The Bertz CT molecular complexity index is 1740. The zero-order valence-corrected chi connectivity index (χ0v) is 28.6. The van der Waals surface area contributed by atoms with Gasteiger partial charge in [0.05, 0.1) is 10.6 Å². The van der Waals surface area contributed by atoms with Crippen LogP contribution in [0.3, 0.4) is 0 Å². The Kier molecular flexibility index (Phi) is 11.7. The maximum atomic E-state index is 14.6. The molecule has 9 heteroatoms. The second kappa shape index (κ2) is 15.4. The van der Waals surface area contributed by atoms with E-state index < -0.39 is 28.5 Å². The predicted octanol–water partition coefficient (Wildman–Crippen LogP) is 6.87. The van der Waals surface area contributed by atoms with Crippen molar-refractivity contribution in [2.24, 2.45) is 5.92 Å². The summed E-state index contributed by atoms with van der Waals surface area (Å²) in [6.07, 6.45) is 0.231. The molecule has 0 aliphatic carbocycles. The lowest BCUT2D eigenvalue weighted by Gasteiger charge is -2.34. The molecule has 0 radical (unpaired) electrons. The van der Waals surface area contributed by atoms with Crippen LogP contribution >= 0.6 is 11.6 Å². The summed E-state index contributed by atoms with van der Waals surface area (Å²) in [6, 6.07) is 27.7. The van der Waals surface area contributed by atoms with Crippen molar-refractivity contribution in [2.45, 2.75) is 58.5 Å². The van der Waals surface area contributed by atoms with Crippen LogP contribution in [0, 0.1) is 26.7 Å². The molecule has 0 spiro atoms. The van der Waals surface area contributed by atoms with Gasteiger partial charge in [0.15, 0.2) is 0 Å². The highest BCUT2D eigenvalue weighted by Crippen LogP contribution is 2.28. The summed E-state index contributed by atoms with van der Waals surface area (Å²) in [5.41, 5.74) is 4.50. The van der Waals surface area contributed by atoms with Gasteiger partial charge in [-0.1, -0.05) is 97.7 Å². The number of carbonyl (C=O) groups is 2. The molecule has 0 heterocycles. The van der Waals surface area contributed by atoms with E-state index in [2.05, 4.69) is 5.32 Å². The highest BCUT2D eigenvalue weighted by atomic mass is 35.5. The largest absolute Gasteiger partial charge is 0.354 e. The second-order valence-corrected chi connectivity index (χ2v) is 14.4. The van der Waals surface area contributed by atoms with E-state index in [1.165, 1.54) is 4.90 Å². The number of halogens is 1. The van der Waals surface area contributed by atoms with E-state index >= 15 is 0 Å². The monoisotopic (exact) mass is 659 g/mol. The average molecular weight is 660 g/mol. The Balaban J connectivity index is 1.83. The number of anilines is 1. The molecule has 4 aromatic carbocycles. The van der Waals surface area contributed by atoms with Crippen LogP contribution in [0.2, 0.25) is 5.02 Å². The number of benzene rings is 4. The lowest BCUT2D eigenvalue weighted by molar-refractivity contribution is -0.140. The molecule has 4 rings (SSSR count). The predicted molar refractivity (Wildman–Crippen MR) is 185 cm³/mol. The summed E-state index contributed by atoms with van der Waals surface area (Å²) < 4.78 is 29.7. The van der Waals surface area contributed by atoms with E-state index in [4.69, 9.17) is 11.6 Å². The Hall–Kier alpha value is -4.14. The van der Waals surface area contributed by atoms with Crippen molar-refractivity contribution in [3.05, 3.63) is 130 Å². The van der Waals surface area contributed by atoms with Crippen molar-refractivity contribution < 1.29 is 18.0 Å². The Morgan fingerprint density at radius 3 is 2.02 bits per heavy atom. The average Bonchev–Trinajstić information content (AvgIpc) is 3.01. The quantitative estimate of drug-likeness (QED) is 0.170. The van der Waals surface area contributed by atoms with Crippen LogP contribution in [0.5, 0.6) is 0 Å². The molecule has 0 unspecified atom stereocenters. The first-order valence-corrected chi connectivity index (χ1v) is 17.2. The van der Waals surface area contributed by atoms with Crippen LogP contribution < -0.4 is 9.62 Å². The Morgan fingerprint density at radius 1 is 0.804 bits per heavy atom. The smallest absolute Gasteiger partial charge is 0.264 e. The van der Waals surface area contributed by atoms with Crippen LogP contribution in [-0.4, -0.2) is 44.3 Å². The van der Waals surface area contributed by atoms with Gasteiger partial charge in [-0.3, -0.25) is 13.9 Å². The molecule has 46 heavy (non-hydrogen) atoms. The highest BCUT2D eigenvalue weighted by molar-refractivity contribution is 7.92. The van der Waals surface area contributed by atoms with Gasteiger partial charge in [-0.2, -0.15) is 0 Å². The molecular formula is C37H42ClN3O4S. The Labute approximate surface area is 278 Å². The first-order chi connectivity index (χ1) is 21.8. The van der Waals surface area contributed by atoms with E-state index in [0.717, 1.165) is 26.6 Å². The number of hydrogen-bond donors (Lipinski definition) is 1. The standard InChI is InChI=1S/C37H42ClN3O4S/c1-26(2)23-39-37(43)35(22-30-11-7-6-8-12-30)40(24-31-13-9-10-14-34(31)38)36(42)25-41(32-20-28(4)19-29(5)21-32)46(44,45)33-17-15-27(3)16-18-33/h6-21,26,35H,22-25H2,1-5H3,(H,39,43)/t35-/m1/s1. The molecule has 0 saturated heterocycles. The normalized spacial score (nSPS) is 12.1. The molecule has 7 nitrogen and oxygen atoms in total. The number of hydrogen-bond acceptors (Lipinski definition) is 4. The first-order valence-electron chi connectivity index (χ1n) is 15.4. The summed E-state index contributed by atoms with van der Waals surface area (Å²) in [6.45, 7) is 9.55. The molecule has 0 aliphatic heterocycles. The lowest BCUT2D eigenvalue weighted by Crippen LogP contribution is -2.53. The minimum absolute atomic E-state index is 0.0103. The highest BCUT2D eigenvalue weighted by Gasteiger charge is 2.35. The number of nitrogens with zero attached hydrogens (tertiary/aromatic N) is 2. The zero-order chi connectivity index (χ0) is 33.4. The fourth-order valence-electron chi connectivity index (χ4n) is 5.25. The van der Waals surface area contributed by atoms with Crippen molar-refractivity contribution in [1.82, 2.24) is 10.2 Å². The molecule has 0 bridgehead atoms. The van der Waals surface area contributed by atoms with Gasteiger partial charge in [0.2, 0.25) is 11.8 Å². The first kappa shape index (κ1) is 34.7. The molecule has 4 aromatic rings. The number of amides is 2. The van der Waals surface area contributed by atoms with Gasteiger partial charge in [-0.15, -0.1) is 0 Å². The molecule has 2 amide bonds. The zero-order valence-electron chi connectivity index (χ0n) is 27.0. The van der Waals surface area contributed by atoms with Gasteiger partial charge in [0, 0.05) is 24.5 Å². The van der Waals surface area contributed by atoms with E-state index in [9.17, 15) is 18.0 Å². The van der Waals surface area contributed by atoms with Gasteiger partial charge in [0.25, 0.3) is 10.0 Å². The lowest BCUT2D eigenvalue weighted by atomic mass is 10.0. The number of rotatable bonds is 13. The van der Waals surface area contributed by atoms with Crippen LogP contribution in [0.1, 0.15) is 41.7 Å². The maximum absolute atomic E-state index is 14.6. The van der Waals surface area contributed by atoms with Crippen molar-refractivity contribution >= 4 is 39.1 Å². The molecule has 1 N–H and O–H groups in total. The summed E-state index contributed by atoms with van der Waals surface area (Å²) >= 11 is 6.58. The van der Waals surface area contributed by atoms with Gasteiger partial charge in [-0.05, 0) is 79.3 Å². The van der Waals surface area contributed by atoms with Gasteiger partial charge >= 0.3 is 0 Å². The topological polar surface area (TPSA) is 86.8 Å². The SMILES string of the molecule is Cc1ccc(S(=O)(=O)N(CC(=O)N(Cc2ccccc2Cl)[C@H](Cc2ccccc2)C(=O)NCC(C)C)c2cc(C)cc(C)c2)cc1. The van der Waals surface area contributed by atoms with E-state index in [1.807, 2.05) is 77.1 Å². The summed E-state index contributed by atoms with van der Waals surface area (Å²) in [5.74, 6) is -0.665. The molecule has 0 aliphatic rings. The maximum Gasteiger partial charge on any atom is 0.264 e. The number of sulfonamides is 1. The van der Waals surface area contributed by atoms with Crippen LogP contribution in [0.4, 0.5) is 5.69 Å². The van der Waals surface area contributed by atoms with Crippen molar-refractivity contribution in [2.75, 3.05) is 17.4 Å². The molecule has 0 fully saturated rings. The third-order valence-electron chi connectivity index (χ3n) is 7.64. The number of nitrogens with one attached hydrogen (secondary N) is 1. The molecular weight excluding hydrogens is 618 g/mol. The van der Waals surface area contributed by atoms with E-state index in [-0.39, 0.29) is 29.7 Å². The minimum Gasteiger partial charge on any atom is -0.354 e. The van der Waals surface area contributed by atoms with E-state index in [0.29, 0.717) is 22.8 Å². The van der Waals surface area contributed by atoms with E-state index in [1.54, 1.807) is 54.6 Å². The van der Waals surface area contributed by atoms with Crippen molar-refractivity contribution in [3.63, 3.8) is 0 Å². The molecule has 242 valence electrons. The van der Waals surface area contributed by atoms with Gasteiger partial charge in [-0.25, -0.2) is 8.42 Å². The summed E-state index contributed by atoms with van der Waals surface area (Å²) in [5, 5.41) is 3.45. The molecule has 0 saturated carbocycles. The number of aryl methyl sites for hydroxylation is 3. The second-order valence-electron chi connectivity index (χ2n) is 12.1.